The molecule has 0 unspecified atom stereocenters. The number of aromatic nitrogens is 6. The Morgan fingerprint density at radius 1 is 1.06 bits per heavy atom. The van der Waals surface area contributed by atoms with Crippen molar-refractivity contribution in [3.63, 3.8) is 0 Å². The van der Waals surface area contributed by atoms with Gasteiger partial charge >= 0.3 is 6.18 Å². The Morgan fingerprint density at radius 2 is 1.78 bits per heavy atom. The van der Waals surface area contributed by atoms with Crippen LogP contribution < -0.4 is 15.8 Å². The molecular weight excluding hydrogens is 736 g/mol. The van der Waals surface area contributed by atoms with E-state index in [0.717, 1.165) is 16.6 Å². The minimum atomic E-state index is -4.65. The topological polar surface area (TPSA) is 154 Å². The standard InChI is InChI=1S/C35H35ClF4N10O4/c1-5-26-29(47-10-12-48(13-11-47)32(53)28-30(52)19(2)41-18-42-28)33(54)50-34(44-31(45-50)22-8-6-20(14-24(22)37)16-46(3)4)49(26)17-27(51)43-25-9-7-21(15-23(25)36)35(38,39)40/h6-9,14-15,18,52H,5,10-13,16-17H2,1-4H3,(H,43,51). The second-order valence-electron chi connectivity index (χ2n) is 12.9. The van der Waals surface area contributed by atoms with Crippen LogP contribution in [0.1, 0.15) is 39.9 Å². The SMILES string of the molecule is CCc1c(N2CCN(C(=O)c3ncnc(C)c3O)CC2)c(=O)n2nc(-c3ccc(CN(C)C)cc3F)nc2n1CC(=O)Nc1ccc(C(F)(F)F)cc1Cl. The van der Waals surface area contributed by atoms with E-state index in [-0.39, 0.29) is 83.3 Å². The van der Waals surface area contributed by atoms with Crippen molar-refractivity contribution in [1.82, 2.24) is 38.9 Å². The Morgan fingerprint density at radius 3 is 2.41 bits per heavy atom. The van der Waals surface area contributed by atoms with Gasteiger partial charge in [-0.3, -0.25) is 14.4 Å². The summed E-state index contributed by atoms with van der Waals surface area (Å²) < 4.78 is 57.6. The lowest BCUT2D eigenvalue weighted by atomic mass is 10.1. The average Bonchev–Trinajstić information content (AvgIpc) is 3.56. The number of halogens is 5. The fourth-order valence-electron chi connectivity index (χ4n) is 6.28. The number of hydrogen-bond donors (Lipinski definition) is 2. The van der Waals surface area contributed by atoms with Gasteiger partial charge in [0.25, 0.3) is 11.5 Å². The first-order valence-corrected chi connectivity index (χ1v) is 17.1. The summed E-state index contributed by atoms with van der Waals surface area (Å²) >= 11 is 6.11. The van der Waals surface area contributed by atoms with E-state index < -0.39 is 41.5 Å². The lowest BCUT2D eigenvalue weighted by molar-refractivity contribution is -0.137. The fourth-order valence-corrected chi connectivity index (χ4v) is 6.51. The maximum absolute atomic E-state index is 15.5. The highest BCUT2D eigenvalue weighted by Crippen LogP contribution is 2.34. The molecule has 2 amide bonds. The molecule has 0 aliphatic carbocycles. The molecule has 1 aliphatic heterocycles. The molecule has 2 aromatic carbocycles. The number of carbonyl (C=O) groups excluding carboxylic acids is 2. The summed E-state index contributed by atoms with van der Waals surface area (Å²) in [4.78, 5) is 58.6. The van der Waals surface area contributed by atoms with E-state index in [1.807, 2.05) is 19.0 Å². The van der Waals surface area contributed by atoms with Crippen LogP contribution in [0.3, 0.4) is 0 Å². The number of aryl methyl sites for hydroxylation is 1. The highest BCUT2D eigenvalue weighted by molar-refractivity contribution is 6.33. The minimum absolute atomic E-state index is 0.0167. The second-order valence-corrected chi connectivity index (χ2v) is 13.3. The molecule has 1 saturated heterocycles. The monoisotopic (exact) mass is 770 g/mol. The van der Waals surface area contributed by atoms with Gasteiger partial charge in [0.15, 0.2) is 17.3 Å². The van der Waals surface area contributed by atoms with Crippen LogP contribution in [-0.4, -0.2) is 96.1 Å². The van der Waals surface area contributed by atoms with E-state index in [0.29, 0.717) is 23.9 Å². The van der Waals surface area contributed by atoms with Gasteiger partial charge in [-0.25, -0.2) is 14.4 Å². The summed E-state index contributed by atoms with van der Waals surface area (Å²) in [6.45, 7) is 3.91. The molecule has 5 aromatic rings. The van der Waals surface area contributed by atoms with Gasteiger partial charge in [-0.05, 0) is 63.3 Å². The molecule has 2 N–H and O–H groups in total. The van der Waals surface area contributed by atoms with Crippen LogP contribution in [-0.2, 0) is 30.5 Å². The van der Waals surface area contributed by atoms with Crippen LogP contribution in [0, 0.1) is 12.7 Å². The van der Waals surface area contributed by atoms with Gasteiger partial charge < -0.3 is 29.7 Å². The van der Waals surface area contributed by atoms with Gasteiger partial charge in [0.05, 0.1) is 33.2 Å². The molecule has 54 heavy (non-hydrogen) atoms. The summed E-state index contributed by atoms with van der Waals surface area (Å²) in [6.07, 6.45) is -3.26. The zero-order valence-electron chi connectivity index (χ0n) is 29.6. The molecule has 0 atom stereocenters. The van der Waals surface area contributed by atoms with Gasteiger partial charge in [0.1, 0.15) is 24.4 Å². The summed E-state index contributed by atoms with van der Waals surface area (Å²) in [5.41, 5.74) is -0.324. The van der Waals surface area contributed by atoms with Gasteiger partial charge in [0, 0.05) is 32.7 Å². The molecule has 4 heterocycles. The molecule has 3 aromatic heterocycles. The Bertz CT molecular complexity index is 2320. The third-order valence-corrected chi connectivity index (χ3v) is 9.21. The fraction of sp³-hybridized carbons (Fsp3) is 0.343. The van der Waals surface area contributed by atoms with E-state index in [2.05, 4.69) is 25.4 Å². The van der Waals surface area contributed by atoms with Gasteiger partial charge in [-0.2, -0.15) is 22.7 Å². The Kier molecular flexibility index (Phi) is 10.6. The van der Waals surface area contributed by atoms with Gasteiger partial charge in [-0.15, -0.1) is 5.10 Å². The van der Waals surface area contributed by atoms with E-state index in [1.54, 1.807) is 24.8 Å². The molecule has 6 rings (SSSR count). The molecule has 1 fully saturated rings. The number of hydrogen-bond acceptors (Lipinski definition) is 10. The Balaban J connectivity index is 1.39. The first-order chi connectivity index (χ1) is 25.6. The van der Waals surface area contributed by atoms with E-state index in [1.165, 1.54) is 27.9 Å². The second kappa shape index (κ2) is 15.0. The molecule has 14 nitrogen and oxygen atoms in total. The average molecular weight is 771 g/mol. The molecule has 1 aliphatic rings. The number of alkyl halides is 3. The Labute approximate surface area is 310 Å². The van der Waals surface area contributed by atoms with Crippen molar-refractivity contribution in [2.24, 2.45) is 0 Å². The number of fused-ring (bicyclic) bond motifs is 1. The number of piperazine rings is 1. The number of nitrogens with one attached hydrogen (secondary N) is 1. The highest BCUT2D eigenvalue weighted by atomic mass is 35.5. The van der Waals surface area contributed by atoms with Crippen molar-refractivity contribution in [2.45, 2.75) is 39.5 Å². The summed E-state index contributed by atoms with van der Waals surface area (Å²) in [5, 5.41) is 17.0. The quantitative estimate of drug-likeness (QED) is 0.206. The van der Waals surface area contributed by atoms with Crippen LogP contribution in [0.2, 0.25) is 5.02 Å². The summed E-state index contributed by atoms with van der Waals surface area (Å²) in [5.74, 6) is -2.37. The lowest BCUT2D eigenvalue weighted by Crippen LogP contribution is -2.51. The van der Waals surface area contributed by atoms with Crippen LogP contribution >= 0.6 is 11.6 Å². The third kappa shape index (κ3) is 7.56. The number of anilines is 2. The van der Waals surface area contributed by atoms with Crippen molar-refractivity contribution in [1.29, 1.82) is 0 Å². The maximum Gasteiger partial charge on any atom is 0.416 e. The number of benzene rings is 2. The lowest BCUT2D eigenvalue weighted by Gasteiger charge is -2.36. The molecule has 19 heteroatoms. The number of nitrogens with zero attached hydrogens (tertiary/aromatic N) is 9. The van der Waals surface area contributed by atoms with Crippen LogP contribution in [0.5, 0.6) is 5.75 Å². The minimum Gasteiger partial charge on any atom is -0.504 e. The van der Waals surface area contributed by atoms with Crippen LogP contribution in [0.25, 0.3) is 17.2 Å². The zero-order chi connectivity index (χ0) is 39.1. The molecule has 0 saturated carbocycles. The van der Waals surface area contributed by atoms with Crippen molar-refractivity contribution in [2.75, 3.05) is 50.5 Å². The first-order valence-electron chi connectivity index (χ1n) is 16.7. The molecule has 0 radical (unpaired) electrons. The van der Waals surface area contributed by atoms with Crippen molar-refractivity contribution in [3.05, 3.63) is 92.1 Å². The van der Waals surface area contributed by atoms with Crippen molar-refractivity contribution >= 4 is 40.6 Å². The van der Waals surface area contributed by atoms with Crippen molar-refractivity contribution in [3.8, 4) is 17.1 Å². The van der Waals surface area contributed by atoms with Gasteiger partial charge in [0.2, 0.25) is 11.7 Å². The number of amides is 2. The Hall–Kier alpha value is -5.62. The van der Waals surface area contributed by atoms with E-state index >= 15 is 4.39 Å². The predicted molar refractivity (Wildman–Crippen MR) is 191 cm³/mol. The first kappa shape index (κ1) is 38.1. The van der Waals surface area contributed by atoms with Crippen LogP contribution in [0.15, 0.2) is 47.5 Å². The van der Waals surface area contributed by atoms with Crippen molar-refractivity contribution < 1.29 is 32.3 Å². The largest absolute Gasteiger partial charge is 0.504 e. The van der Waals surface area contributed by atoms with Crippen LogP contribution in [0.4, 0.5) is 28.9 Å². The molecular formula is C35H35ClF4N10O4. The summed E-state index contributed by atoms with van der Waals surface area (Å²) in [6, 6.07) is 7.09. The highest BCUT2D eigenvalue weighted by Gasteiger charge is 2.32. The molecule has 284 valence electrons. The predicted octanol–water partition coefficient (Wildman–Crippen LogP) is 4.40. The maximum atomic E-state index is 15.5. The van der Waals surface area contributed by atoms with E-state index in [9.17, 15) is 32.7 Å². The number of rotatable bonds is 9. The smallest absolute Gasteiger partial charge is 0.416 e. The number of aromatic hydroxyl groups is 1. The third-order valence-electron chi connectivity index (χ3n) is 8.90. The van der Waals surface area contributed by atoms with E-state index in [4.69, 9.17) is 11.6 Å². The normalized spacial score (nSPS) is 13.6. The molecule has 0 spiro atoms. The number of carbonyl (C=O) groups is 2. The molecule has 0 bridgehead atoms. The summed E-state index contributed by atoms with van der Waals surface area (Å²) in [7, 11) is 3.69. The van der Waals surface area contributed by atoms with Gasteiger partial charge in [-0.1, -0.05) is 24.6 Å². The zero-order valence-corrected chi connectivity index (χ0v) is 30.3.